The number of carbonyl (C=O) groups excluding carboxylic acids is 1. The van der Waals surface area contributed by atoms with Crippen molar-refractivity contribution in [2.75, 3.05) is 12.4 Å². The molecule has 0 heterocycles. The summed E-state index contributed by atoms with van der Waals surface area (Å²) in [6.45, 7) is 0.250. The minimum atomic E-state index is -4.51. The van der Waals surface area contributed by atoms with E-state index >= 15 is 0 Å². The van der Waals surface area contributed by atoms with E-state index in [0.29, 0.717) is 12.2 Å². The topological polar surface area (TPSA) is 41.6 Å². The lowest BCUT2D eigenvalue weighted by molar-refractivity contribution is -0.137. The highest BCUT2D eigenvalue weighted by Gasteiger charge is 2.31. The Kier molecular flexibility index (Phi) is 8.13. The fourth-order valence-electron chi connectivity index (χ4n) is 4.17. The van der Waals surface area contributed by atoms with Gasteiger partial charge in [0.15, 0.2) is 0 Å². The van der Waals surface area contributed by atoms with Crippen molar-refractivity contribution in [3.8, 4) is 5.75 Å². The number of methoxy groups -OCH3 is 1. The Bertz CT molecular complexity index is 1310. The number of benzene rings is 4. The first-order valence-corrected chi connectivity index (χ1v) is 11.8. The van der Waals surface area contributed by atoms with Crippen LogP contribution in [0.4, 0.5) is 23.7 Å². The smallest absolute Gasteiger partial charge is 0.416 e. The van der Waals surface area contributed by atoms with Gasteiger partial charge in [-0.3, -0.25) is 0 Å². The quantitative estimate of drug-likeness (QED) is 0.267. The summed E-state index contributed by atoms with van der Waals surface area (Å²) in [6.07, 6.45) is -4.02. The van der Waals surface area contributed by atoms with Crippen molar-refractivity contribution in [3.05, 3.63) is 131 Å². The average Bonchev–Trinajstić information content (AvgIpc) is 2.91. The molecule has 2 amide bonds. The predicted octanol–water partition coefficient (Wildman–Crippen LogP) is 7.73. The van der Waals surface area contributed by atoms with Gasteiger partial charge in [-0.2, -0.15) is 13.2 Å². The summed E-state index contributed by atoms with van der Waals surface area (Å²) in [6, 6.07) is 30.4. The SMILES string of the molecule is COc1cccc(C(Cc2ccccc2)N(Cc2ccccc2)C(=O)Nc2cccc(C(F)(F)F)c2)c1. The van der Waals surface area contributed by atoms with E-state index in [1.807, 2.05) is 84.9 Å². The van der Waals surface area contributed by atoms with Crippen LogP contribution in [0.15, 0.2) is 109 Å². The molecule has 1 unspecified atom stereocenters. The second-order valence-electron chi connectivity index (χ2n) is 8.60. The summed E-state index contributed by atoms with van der Waals surface area (Å²) in [4.78, 5) is 15.4. The molecule has 0 bridgehead atoms. The van der Waals surface area contributed by atoms with Crippen LogP contribution in [0.3, 0.4) is 0 Å². The number of ether oxygens (including phenoxy) is 1. The third kappa shape index (κ3) is 6.91. The van der Waals surface area contributed by atoms with Crippen LogP contribution in [0.2, 0.25) is 0 Å². The highest BCUT2D eigenvalue weighted by atomic mass is 19.4. The molecule has 0 saturated heterocycles. The molecule has 7 heteroatoms. The Morgan fingerprint density at radius 1 is 0.838 bits per heavy atom. The predicted molar refractivity (Wildman–Crippen MR) is 138 cm³/mol. The van der Waals surface area contributed by atoms with Gasteiger partial charge in [0.25, 0.3) is 0 Å². The lowest BCUT2D eigenvalue weighted by atomic mass is 9.96. The number of amides is 2. The van der Waals surface area contributed by atoms with E-state index in [-0.39, 0.29) is 12.2 Å². The van der Waals surface area contributed by atoms with Crippen LogP contribution in [-0.4, -0.2) is 18.0 Å². The van der Waals surface area contributed by atoms with Crippen molar-refractivity contribution in [2.45, 2.75) is 25.2 Å². The Labute approximate surface area is 214 Å². The van der Waals surface area contributed by atoms with E-state index in [2.05, 4.69) is 5.32 Å². The van der Waals surface area contributed by atoms with Gasteiger partial charge in [0, 0.05) is 12.2 Å². The zero-order valence-corrected chi connectivity index (χ0v) is 20.3. The molecule has 0 radical (unpaired) electrons. The van der Waals surface area contributed by atoms with E-state index < -0.39 is 23.8 Å². The van der Waals surface area contributed by atoms with Crippen molar-refractivity contribution in [1.82, 2.24) is 4.90 Å². The van der Waals surface area contributed by atoms with Gasteiger partial charge >= 0.3 is 12.2 Å². The molecule has 4 aromatic rings. The van der Waals surface area contributed by atoms with Gasteiger partial charge < -0.3 is 15.0 Å². The number of halogens is 3. The summed E-state index contributed by atoms with van der Waals surface area (Å²) in [5.74, 6) is 0.647. The van der Waals surface area contributed by atoms with Crippen molar-refractivity contribution < 1.29 is 22.7 Å². The lowest BCUT2D eigenvalue weighted by Gasteiger charge is -2.33. The van der Waals surface area contributed by atoms with Crippen LogP contribution in [0.25, 0.3) is 0 Å². The molecule has 0 aromatic heterocycles. The molecule has 1 atom stereocenters. The molecule has 190 valence electrons. The Morgan fingerprint density at radius 3 is 2.14 bits per heavy atom. The van der Waals surface area contributed by atoms with Gasteiger partial charge in [-0.15, -0.1) is 0 Å². The van der Waals surface area contributed by atoms with Crippen molar-refractivity contribution in [2.24, 2.45) is 0 Å². The van der Waals surface area contributed by atoms with Crippen LogP contribution in [0, 0.1) is 0 Å². The van der Waals surface area contributed by atoms with Crippen molar-refractivity contribution in [1.29, 1.82) is 0 Å². The first-order valence-electron chi connectivity index (χ1n) is 11.8. The van der Waals surface area contributed by atoms with Crippen LogP contribution in [-0.2, 0) is 19.1 Å². The molecule has 4 rings (SSSR count). The third-order valence-electron chi connectivity index (χ3n) is 6.02. The molecule has 0 fully saturated rings. The zero-order valence-electron chi connectivity index (χ0n) is 20.3. The first-order chi connectivity index (χ1) is 17.8. The summed E-state index contributed by atoms with van der Waals surface area (Å²) in [5, 5.41) is 2.70. The minimum Gasteiger partial charge on any atom is -0.497 e. The molecule has 0 saturated carbocycles. The Hall–Kier alpha value is -4.26. The fourth-order valence-corrected chi connectivity index (χ4v) is 4.17. The van der Waals surface area contributed by atoms with Crippen molar-refractivity contribution in [3.63, 3.8) is 0 Å². The number of carbonyl (C=O) groups is 1. The van der Waals surface area contributed by atoms with E-state index in [4.69, 9.17) is 4.74 Å². The Morgan fingerprint density at radius 2 is 1.49 bits per heavy atom. The fraction of sp³-hybridized carbons (Fsp3) is 0.167. The van der Waals surface area contributed by atoms with Crippen LogP contribution in [0.1, 0.15) is 28.3 Å². The number of hydrogen-bond donors (Lipinski definition) is 1. The van der Waals surface area contributed by atoms with Gasteiger partial charge in [0.2, 0.25) is 0 Å². The summed E-state index contributed by atoms with van der Waals surface area (Å²) in [5.41, 5.74) is 2.00. The van der Waals surface area contributed by atoms with Gasteiger partial charge in [0.1, 0.15) is 5.75 Å². The first kappa shape index (κ1) is 25.8. The average molecular weight is 505 g/mol. The van der Waals surface area contributed by atoms with Gasteiger partial charge in [-0.25, -0.2) is 4.79 Å². The summed E-state index contributed by atoms with van der Waals surface area (Å²) < 4.78 is 45.3. The molecule has 4 nitrogen and oxygen atoms in total. The van der Waals surface area contributed by atoms with Crippen LogP contribution in [0.5, 0.6) is 5.75 Å². The second kappa shape index (κ2) is 11.6. The summed E-state index contributed by atoms with van der Waals surface area (Å²) in [7, 11) is 1.58. The number of nitrogens with one attached hydrogen (secondary N) is 1. The number of anilines is 1. The zero-order chi connectivity index (χ0) is 26.3. The van der Waals surface area contributed by atoms with Crippen LogP contribution >= 0.6 is 0 Å². The highest BCUT2D eigenvalue weighted by molar-refractivity contribution is 5.89. The van der Waals surface area contributed by atoms with E-state index in [1.54, 1.807) is 12.0 Å². The maximum atomic E-state index is 13.7. The molecular weight excluding hydrogens is 477 g/mol. The number of urea groups is 1. The van der Waals surface area contributed by atoms with Gasteiger partial charge in [-0.1, -0.05) is 78.9 Å². The van der Waals surface area contributed by atoms with Gasteiger partial charge in [0.05, 0.1) is 18.7 Å². The molecule has 0 spiro atoms. The molecule has 37 heavy (non-hydrogen) atoms. The number of rotatable bonds is 8. The van der Waals surface area contributed by atoms with Crippen LogP contribution < -0.4 is 10.1 Å². The molecule has 0 aliphatic carbocycles. The second-order valence-corrected chi connectivity index (χ2v) is 8.60. The number of alkyl halides is 3. The number of nitrogens with zero attached hydrogens (tertiary/aromatic N) is 1. The third-order valence-corrected chi connectivity index (χ3v) is 6.02. The molecule has 4 aromatic carbocycles. The molecular formula is C30H27F3N2O2. The maximum Gasteiger partial charge on any atom is 0.416 e. The van der Waals surface area contributed by atoms with Gasteiger partial charge in [-0.05, 0) is 53.4 Å². The van der Waals surface area contributed by atoms with Crippen molar-refractivity contribution >= 4 is 11.7 Å². The lowest BCUT2D eigenvalue weighted by Crippen LogP contribution is -2.38. The monoisotopic (exact) mass is 504 g/mol. The largest absolute Gasteiger partial charge is 0.497 e. The maximum absolute atomic E-state index is 13.7. The molecule has 1 N–H and O–H groups in total. The van der Waals surface area contributed by atoms with E-state index in [1.165, 1.54) is 12.1 Å². The number of hydrogen-bond acceptors (Lipinski definition) is 2. The highest BCUT2D eigenvalue weighted by Crippen LogP contribution is 2.32. The standard InChI is InChI=1S/C30H27F3N2O2/c1-37-27-17-8-14-24(19-27)28(18-22-10-4-2-5-11-22)35(21-23-12-6-3-7-13-23)29(36)34-26-16-9-15-25(20-26)30(31,32)33/h2-17,19-20,28H,18,21H2,1H3,(H,34,36). The summed E-state index contributed by atoms with van der Waals surface area (Å²) >= 11 is 0. The molecule has 0 aliphatic heterocycles. The Balaban J connectivity index is 1.74. The van der Waals surface area contributed by atoms with E-state index in [9.17, 15) is 18.0 Å². The normalized spacial score (nSPS) is 12.0. The van der Waals surface area contributed by atoms with E-state index in [0.717, 1.165) is 28.8 Å². The minimum absolute atomic E-state index is 0.0713. The molecule has 0 aliphatic rings.